The number of phenolic OH excluding ortho intramolecular Hbond substituents is 1. The number of carbonyl (C=O) groups is 2. The normalized spacial score (nSPS) is 23.5. The highest BCUT2D eigenvalue weighted by Gasteiger charge is 2.55. The van der Waals surface area contributed by atoms with Gasteiger partial charge in [-0.25, -0.2) is 0 Å². The van der Waals surface area contributed by atoms with Gasteiger partial charge in [0.15, 0.2) is 0 Å². The van der Waals surface area contributed by atoms with Crippen molar-refractivity contribution in [2.45, 2.75) is 24.9 Å². The number of aromatic nitrogens is 1. The monoisotopic (exact) mass is 405 g/mol. The minimum atomic E-state index is -1.02. The van der Waals surface area contributed by atoms with Crippen LogP contribution in [0.25, 0.3) is 10.9 Å². The van der Waals surface area contributed by atoms with Crippen molar-refractivity contribution < 1.29 is 19.4 Å². The Labute approximate surface area is 173 Å². The summed E-state index contributed by atoms with van der Waals surface area (Å²) < 4.78 is 5.41. The molecule has 0 saturated carbocycles. The van der Waals surface area contributed by atoms with Gasteiger partial charge in [-0.05, 0) is 48.4 Å². The minimum Gasteiger partial charge on any atom is -0.508 e. The van der Waals surface area contributed by atoms with Crippen LogP contribution in [-0.2, 0) is 16.0 Å². The molecule has 0 unspecified atom stereocenters. The van der Waals surface area contributed by atoms with E-state index in [1.165, 1.54) is 4.90 Å². The van der Waals surface area contributed by atoms with Crippen LogP contribution in [0.1, 0.15) is 29.8 Å². The number of fused-ring (bicyclic) bond motifs is 4. The number of amides is 2. The summed E-state index contributed by atoms with van der Waals surface area (Å²) in [6.45, 7) is 1.87. The van der Waals surface area contributed by atoms with Crippen molar-refractivity contribution in [2.75, 3.05) is 20.7 Å². The van der Waals surface area contributed by atoms with E-state index in [4.69, 9.17) is 4.74 Å². The molecule has 2 N–H and O–H groups in total. The van der Waals surface area contributed by atoms with Gasteiger partial charge in [0.25, 0.3) is 0 Å². The molecule has 2 aromatic carbocycles. The molecule has 0 aliphatic carbocycles. The Bertz CT molecular complexity index is 1200. The molecule has 3 aromatic rings. The van der Waals surface area contributed by atoms with Gasteiger partial charge in [0.1, 0.15) is 17.0 Å². The summed E-state index contributed by atoms with van der Waals surface area (Å²) in [5, 5.41) is 11.1. The second kappa shape index (κ2) is 6.26. The van der Waals surface area contributed by atoms with Crippen molar-refractivity contribution in [3.05, 3.63) is 59.3 Å². The molecule has 2 aliphatic rings. The molecule has 1 saturated heterocycles. The van der Waals surface area contributed by atoms with Crippen LogP contribution in [0.2, 0.25) is 0 Å². The van der Waals surface area contributed by atoms with E-state index in [-0.39, 0.29) is 24.1 Å². The molecule has 2 atom stereocenters. The van der Waals surface area contributed by atoms with Crippen LogP contribution in [0.3, 0.4) is 0 Å². The molecule has 30 heavy (non-hydrogen) atoms. The summed E-state index contributed by atoms with van der Waals surface area (Å²) in [4.78, 5) is 33.2. The van der Waals surface area contributed by atoms with Gasteiger partial charge in [-0.2, -0.15) is 0 Å². The number of phenols is 1. The number of ether oxygens (including phenoxy) is 1. The summed E-state index contributed by atoms with van der Waals surface area (Å²) in [7, 11) is 3.29. The van der Waals surface area contributed by atoms with Gasteiger partial charge in [0.2, 0.25) is 11.8 Å². The van der Waals surface area contributed by atoms with E-state index >= 15 is 0 Å². The van der Waals surface area contributed by atoms with E-state index in [0.29, 0.717) is 6.42 Å². The van der Waals surface area contributed by atoms with Crippen LogP contribution >= 0.6 is 0 Å². The maximum absolute atomic E-state index is 13.3. The van der Waals surface area contributed by atoms with Crippen molar-refractivity contribution in [3.63, 3.8) is 0 Å². The molecule has 7 heteroatoms. The summed E-state index contributed by atoms with van der Waals surface area (Å²) in [5.41, 5.74) is 2.51. The lowest BCUT2D eigenvalue weighted by Gasteiger charge is -2.52. The largest absolute Gasteiger partial charge is 0.508 e. The van der Waals surface area contributed by atoms with Crippen LogP contribution in [0.15, 0.2) is 42.5 Å². The lowest BCUT2D eigenvalue weighted by molar-refractivity contribution is -0.166. The second-order valence-electron chi connectivity index (χ2n) is 8.30. The van der Waals surface area contributed by atoms with Crippen LogP contribution < -0.4 is 4.74 Å². The Morgan fingerprint density at radius 1 is 1.20 bits per heavy atom. The molecule has 154 valence electrons. The Hall–Kier alpha value is -3.48. The molecule has 3 heterocycles. The molecular weight excluding hydrogens is 382 g/mol. The SMILES string of the molecule is COc1ccc2[nH]c3c(c2c1)C[C@]1(C)C(=O)N(C)CC(=O)N1[C@@H]3c1cccc(O)c1. The van der Waals surface area contributed by atoms with Crippen LogP contribution in [0.5, 0.6) is 11.5 Å². The van der Waals surface area contributed by atoms with Gasteiger partial charge >= 0.3 is 0 Å². The Balaban J connectivity index is 1.82. The Morgan fingerprint density at radius 2 is 2.00 bits per heavy atom. The third-order valence-electron chi connectivity index (χ3n) is 6.37. The van der Waals surface area contributed by atoms with Crippen molar-refractivity contribution in [1.29, 1.82) is 0 Å². The highest BCUT2D eigenvalue weighted by Crippen LogP contribution is 2.47. The first-order valence-electron chi connectivity index (χ1n) is 9.88. The maximum Gasteiger partial charge on any atom is 0.248 e. The molecule has 1 fully saturated rings. The molecule has 2 aliphatic heterocycles. The number of hydrogen-bond acceptors (Lipinski definition) is 4. The number of methoxy groups -OCH3 is 1. The summed E-state index contributed by atoms with van der Waals surface area (Å²) in [6, 6.07) is 12.2. The fourth-order valence-corrected chi connectivity index (χ4v) is 5.01. The second-order valence-corrected chi connectivity index (χ2v) is 8.30. The first-order valence-corrected chi connectivity index (χ1v) is 9.88. The van der Waals surface area contributed by atoms with Gasteiger partial charge < -0.3 is 24.6 Å². The molecular formula is C23H23N3O4. The van der Waals surface area contributed by atoms with Gasteiger partial charge in [-0.3, -0.25) is 9.59 Å². The number of H-pyrrole nitrogens is 1. The third kappa shape index (κ3) is 2.44. The predicted molar refractivity (Wildman–Crippen MR) is 111 cm³/mol. The zero-order chi connectivity index (χ0) is 21.2. The van der Waals surface area contributed by atoms with E-state index in [0.717, 1.165) is 33.5 Å². The van der Waals surface area contributed by atoms with Crippen LogP contribution in [0, 0.1) is 0 Å². The van der Waals surface area contributed by atoms with Crippen molar-refractivity contribution >= 4 is 22.7 Å². The lowest BCUT2D eigenvalue weighted by Crippen LogP contribution is -2.69. The number of aromatic amines is 1. The molecule has 2 amide bonds. The Kier molecular flexibility index (Phi) is 3.87. The van der Waals surface area contributed by atoms with Crippen molar-refractivity contribution in [2.24, 2.45) is 0 Å². The van der Waals surface area contributed by atoms with Gasteiger partial charge in [-0.1, -0.05) is 12.1 Å². The highest BCUT2D eigenvalue weighted by molar-refractivity contribution is 6.00. The van der Waals surface area contributed by atoms with Crippen molar-refractivity contribution in [1.82, 2.24) is 14.8 Å². The predicted octanol–water partition coefficient (Wildman–Crippen LogP) is 2.59. The zero-order valence-corrected chi connectivity index (χ0v) is 17.1. The van der Waals surface area contributed by atoms with Gasteiger partial charge in [0.05, 0.1) is 19.7 Å². The van der Waals surface area contributed by atoms with Crippen LogP contribution in [0.4, 0.5) is 0 Å². The van der Waals surface area contributed by atoms with E-state index in [1.54, 1.807) is 37.3 Å². The highest BCUT2D eigenvalue weighted by atomic mass is 16.5. The number of carbonyl (C=O) groups excluding carboxylic acids is 2. The van der Waals surface area contributed by atoms with E-state index < -0.39 is 11.6 Å². The number of nitrogens with zero attached hydrogens (tertiary/aromatic N) is 2. The average Bonchev–Trinajstić information content (AvgIpc) is 3.07. The molecule has 7 nitrogen and oxygen atoms in total. The van der Waals surface area contributed by atoms with E-state index in [2.05, 4.69) is 4.98 Å². The number of benzene rings is 2. The number of aromatic hydroxyl groups is 1. The average molecular weight is 405 g/mol. The molecule has 0 radical (unpaired) electrons. The lowest BCUT2D eigenvalue weighted by atomic mass is 9.78. The van der Waals surface area contributed by atoms with E-state index in [9.17, 15) is 14.7 Å². The maximum atomic E-state index is 13.3. The number of rotatable bonds is 2. The quantitative estimate of drug-likeness (QED) is 0.686. The standard InChI is InChI=1S/C23H23N3O4/c1-23-11-17-16-10-15(30-3)7-8-18(16)24-20(17)21(13-5-4-6-14(27)9-13)26(23)19(28)12-25(2)22(23)29/h4-10,21,24,27H,11-12H2,1-3H3/t21-,23-/m1/s1. The van der Waals surface area contributed by atoms with E-state index in [1.807, 2.05) is 31.2 Å². The molecule has 0 bridgehead atoms. The first kappa shape index (κ1) is 18.5. The van der Waals surface area contributed by atoms with Crippen LogP contribution in [-0.4, -0.2) is 57.9 Å². The molecule has 1 aromatic heterocycles. The fraction of sp³-hybridized carbons (Fsp3) is 0.304. The summed E-state index contributed by atoms with van der Waals surface area (Å²) in [6.07, 6.45) is 0.403. The van der Waals surface area contributed by atoms with Gasteiger partial charge in [-0.15, -0.1) is 0 Å². The van der Waals surface area contributed by atoms with Gasteiger partial charge in [0, 0.05) is 30.1 Å². The number of likely N-dealkylation sites (N-methyl/N-ethyl adjacent to an activating group) is 1. The number of piperazine rings is 1. The zero-order valence-electron chi connectivity index (χ0n) is 17.1. The number of nitrogens with one attached hydrogen (secondary N) is 1. The summed E-state index contributed by atoms with van der Waals surface area (Å²) in [5.74, 6) is 0.644. The Morgan fingerprint density at radius 3 is 2.73 bits per heavy atom. The molecule has 5 rings (SSSR count). The topological polar surface area (TPSA) is 85.9 Å². The number of hydrogen-bond donors (Lipinski definition) is 2. The molecule has 0 spiro atoms. The first-order chi connectivity index (χ1) is 14.3. The summed E-state index contributed by atoms with van der Waals surface area (Å²) >= 11 is 0. The minimum absolute atomic E-state index is 0.0348. The smallest absolute Gasteiger partial charge is 0.248 e. The van der Waals surface area contributed by atoms with Crippen molar-refractivity contribution in [3.8, 4) is 11.5 Å². The third-order valence-corrected chi connectivity index (χ3v) is 6.37. The fourth-order valence-electron chi connectivity index (χ4n) is 5.01.